The summed E-state index contributed by atoms with van der Waals surface area (Å²) in [5.74, 6) is 0. The molecule has 1 N–H and O–H groups in total. The van der Waals surface area contributed by atoms with Crippen molar-refractivity contribution < 1.29 is 9.30 Å². The molecule has 2 aromatic rings. The molecule has 0 atom stereocenters. The van der Waals surface area contributed by atoms with E-state index in [1.54, 1.807) is 6.20 Å². The van der Waals surface area contributed by atoms with E-state index in [1.807, 2.05) is 17.0 Å². The Hall–Kier alpha value is -0.913. The summed E-state index contributed by atoms with van der Waals surface area (Å²) >= 11 is 6.09. The lowest BCUT2D eigenvalue weighted by Gasteiger charge is -2.14. The van der Waals surface area contributed by atoms with Crippen LogP contribution in [-0.4, -0.2) is 24.6 Å². The Bertz CT molecular complexity index is 536. The number of aromatic nitrogens is 3. The second-order valence-electron chi connectivity index (χ2n) is 5.59. The van der Waals surface area contributed by atoms with Gasteiger partial charge in [-0.3, -0.25) is 0 Å². The molecule has 98 valence electrons. The van der Waals surface area contributed by atoms with E-state index < -0.39 is 8.07 Å². The van der Waals surface area contributed by atoms with Gasteiger partial charge in [-0.2, -0.15) is 0 Å². The largest absolute Gasteiger partial charge is 0.342 e. The zero-order valence-electron chi connectivity index (χ0n) is 11.0. The van der Waals surface area contributed by atoms with Gasteiger partial charge >= 0.3 is 0 Å². The van der Waals surface area contributed by atoms with E-state index in [1.165, 1.54) is 6.04 Å². The first-order valence-electron chi connectivity index (χ1n) is 6.06. The molecule has 0 bridgehead atoms. The molecule has 18 heavy (non-hydrogen) atoms. The highest BCUT2D eigenvalue weighted by molar-refractivity contribution is 6.76. The maximum absolute atomic E-state index is 6.09. The highest BCUT2D eigenvalue weighted by Gasteiger charge is 2.15. The molecule has 2 aromatic heterocycles. The number of hydrogen-bond donors (Lipinski definition) is 1. The van der Waals surface area contributed by atoms with E-state index in [0.29, 0.717) is 11.9 Å². The van der Waals surface area contributed by atoms with Crippen LogP contribution in [0, 0.1) is 0 Å². The fraction of sp³-hybridized carbons (Fsp3) is 0.500. The average molecular weight is 285 g/mol. The SMILES string of the molecule is C[Si](C)(C)CCOC[n+]1c[nH]c2ccnc(Cl)c21. The summed E-state index contributed by atoms with van der Waals surface area (Å²) in [6.45, 7) is 8.34. The predicted octanol–water partition coefficient (Wildman–Crippen LogP) is 2.82. The molecule has 0 radical (unpaired) electrons. The monoisotopic (exact) mass is 284 g/mol. The van der Waals surface area contributed by atoms with E-state index in [2.05, 4.69) is 29.6 Å². The summed E-state index contributed by atoms with van der Waals surface area (Å²) in [5.41, 5.74) is 1.87. The van der Waals surface area contributed by atoms with Gasteiger partial charge in [0.15, 0.2) is 17.4 Å². The third kappa shape index (κ3) is 3.31. The van der Waals surface area contributed by atoms with Gasteiger partial charge in [0.2, 0.25) is 11.8 Å². The van der Waals surface area contributed by atoms with Gasteiger partial charge in [-0.05, 0) is 6.04 Å². The van der Waals surface area contributed by atoms with E-state index >= 15 is 0 Å². The van der Waals surface area contributed by atoms with Crippen molar-refractivity contribution in [2.75, 3.05) is 6.61 Å². The quantitative estimate of drug-likeness (QED) is 0.397. The fourth-order valence-electron chi connectivity index (χ4n) is 1.67. The molecule has 6 heteroatoms. The number of H-pyrrole nitrogens is 1. The summed E-state index contributed by atoms with van der Waals surface area (Å²) in [7, 11) is -1.02. The average Bonchev–Trinajstić information content (AvgIpc) is 2.68. The fourth-order valence-corrected chi connectivity index (χ4v) is 2.70. The van der Waals surface area contributed by atoms with Crippen LogP contribution in [0.2, 0.25) is 30.8 Å². The number of halogens is 1. The van der Waals surface area contributed by atoms with Crippen molar-refractivity contribution >= 4 is 30.7 Å². The predicted molar refractivity (Wildman–Crippen MR) is 75.4 cm³/mol. The van der Waals surface area contributed by atoms with E-state index in [4.69, 9.17) is 16.3 Å². The summed E-state index contributed by atoms with van der Waals surface area (Å²) in [5, 5.41) is 0.502. The van der Waals surface area contributed by atoms with Crippen molar-refractivity contribution in [3.05, 3.63) is 23.7 Å². The molecular weight excluding hydrogens is 266 g/mol. The number of pyridine rings is 1. The smallest absolute Gasteiger partial charge is 0.244 e. The molecule has 2 heterocycles. The summed E-state index contributed by atoms with van der Waals surface area (Å²) in [4.78, 5) is 7.24. The maximum atomic E-state index is 6.09. The van der Waals surface area contributed by atoms with Gasteiger partial charge in [0, 0.05) is 26.9 Å². The lowest BCUT2D eigenvalue weighted by molar-refractivity contribution is -0.709. The first-order valence-corrected chi connectivity index (χ1v) is 10.1. The Kier molecular flexibility index (Phi) is 4.04. The number of ether oxygens (including phenoxy) is 1. The minimum Gasteiger partial charge on any atom is -0.342 e. The van der Waals surface area contributed by atoms with Gasteiger partial charge < -0.3 is 4.74 Å². The Morgan fingerprint density at radius 1 is 1.44 bits per heavy atom. The zero-order valence-corrected chi connectivity index (χ0v) is 12.8. The first kappa shape index (κ1) is 13.5. The second-order valence-corrected chi connectivity index (χ2v) is 11.6. The number of aromatic amines is 1. The summed E-state index contributed by atoms with van der Waals surface area (Å²) < 4.78 is 7.66. The Labute approximate surface area is 113 Å². The normalized spacial score (nSPS) is 12.2. The summed E-state index contributed by atoms with van der Waals surface area (Å²) in [6, 6.07) is 3.07. The van der Waals surface area contributed by atoms with Crippen molar-refractivity contribution in [3.8, 4) is 0 Å². The minimum absolute atomic E-state index is 0.502. The van der Waals surface area contributed by atoms with E-state index in [-0.39, 0.29) is 0 Å². The molecule has 0 aliphatic carbocycles. The number of rotatable bonds is 5. The molecule has 0 fully saturated rings. The highest BCUT2D eigenvalue weighted by atomic mass is 35.5. The highest BCUT2D eigenvalue weighted by Crippen LogP contribution is 2.15. The Morgan fingerprint density at radius 3 is 2.94 bits per heavy atom. The molecule has 0 unspecified atom stereocenters. The van der Waals surface area contributed by atoms with Crippen LogP contribution in [0.1, 0.15) is 0 Å². The number of imidazole rings is 1. The van der Waals surface area contributed by atoms with Crippen molar-refractivity contribution in [2.24, 2.45) is 0 Å². The van der Waals surface area contributed by atoms with Crippen molar-refractivity contribution in [2.45, 2.75) is 32.4 Å². The first-order chi connectivity index (χ1) is 8.47. The number of nitrogens with one attached hydrogen (secondary N) is 1. The lowest BCUT2D eigenvalue weighted by Crippen LogP contribution is -2.34. The van der Waals surface area contributed by atoms with Crippen LogP contribution < -0.4 is 4.57 Å². The molecule has 0 aliphatic heterocycles. The van der Waals surface area contributed by atoms with Crippen LogP contribution >= 0.6 is 11.6 Å². The summed E-state index contributed by atoms with van der Waals surface area (Å²) in [6.07, 6.45) is 3.56. The molecule has 2 rings (SSSR count). The van der Waals surface area contributed by atoms with Crippen LogP contribution in [0.25, 0.3) is 11.0 Å². The Morgan fingerprint density at radius 2 is 2.22 bits per heavy atom. The number of nitrogens with zero attached hydrogens (tertiary/aromatic N) is 2. The molecule has 0 saturated heterocycles. The van der Waals surface area contributed by atoms with Gasteiger partial charge in [-0.1, -0.05) is 31.2 Å². The van der Waals surface area contributed by atoms with Gasteiger partial charge in [-0.25, -0.2) is 14.5 Å². The molecule has 0 amide bonds. The third-order valence-corrected chi connectivity index (χ3v) is 4.75. The van der Waals surface area contributed by atoms with Crippen molar-refractivity contribution in [1.82, 2.24) is 9.97 Å². The molecular formula is C12H19ClN3OSi+. The number of hydrogen-bond acceptors (Lipinski definition) is 2. The topological polar surface area (TPSA) is 41.8 Å². The van der Waals surface area contributed by atoms with Gasteiger partial charge in [0.05, 0.1) is 0 Å². The van der Waals surface area contributed by atoms with Crippen LogP contribution in [0.3, 0.4) is 0 Å². The molecule has 0 spiro atoms. The van der Waals surface area contributed by atoms with Gasteiger partial charge in [0.1, 0.15) is 0 Å². The van der Waals surface area contributed by atoms with Crippen molar-refractivity contribution in [1.29, 1.82) is 0 Å². The molecule has 0 aromatic carbocycles. The van der Waals surface area contributed by atoms with Crippen molar-refractivity contribution in [3.63, 3.8) is 0 Å². The van der Waals surface area contributed by atoms with Crippen LogP contribution in [0.15, 0.2) is 18.6 Å². The number of fused-ring (bicyclic) bond motifs is 1. The van der Waals surface area contributed by atoms with E-state index in [9.17, 15) is 0 Å². The van der Waals surface area contributed by atoms with Crippen LogP contribution in [0.5, 0.6) is 0 Å². The molecule has 4 nitrogen and oxygen atoms in total. The Balaban J connectivity index is 2.00. The molecule has 0 aliphatic rings. The van der Waals surface area contributed by atoms with Gasteiger partial charge in [0.25, 0.3) is 0 Å². The molecule has 0 saturated carbocycles. The second kappa shape index (κ2) is 5.38. The minimum atomic E-state index is -1.02. The third-order valence-electron chi connectivity index (χ3n) is 2.77. The van der Waals surface area contributed by atoms with Gasteiger partial charge in [-0.15, -0.1) is 0 Å². The van der Waals surface area contributed by atoms with Crippen LogP contribution in [0.4, 0.5) is 0 Å². The zero-order chi connectivity index (χ0) is 13.2. The standard InChI is InChI=1S/C12H18ClN3OSi/c1-18(2,3)7-6-17-9-16-8-15-10-4-5-14-12(13)11(10)16/h4-5,8H,6-7,9H2,1-3H3/p+1. The van der Waals surface area contributed by atoms with E-state index in [0.717, 1.165) is 17.6 Å². The maximum Gasteiger partial charge on any atom is 0.244 e. The lowest BCUT2D eigenvalue weighted by atomic mass is 10.4. The van der Waals surface area contributed by atoms with Crippen LogP contribution in [-0.2, 0) is 11.5 Å².